The molecule has 0 aliphatic heterocycles. The summed E-state index contributed by atoms with van der Waals surface area (Å²) in [4.78, 5) is 35.8. The first-order valence-corrected chi connectivity index (χ1v) is 6.97. The molecule has 0 saturated heterocycles. The number of nitrogens with zero attached hydrogens (tertiary/aromatic N) is 1. The van der Waals surface area contributed by atoms with Gasteiger partial charge >= 0.3 is 18.0 Å². The fraction of sp³-hybridized carbons (Fsp3) is 0.769. The molecule has 120 valence electrons. The average Bonchev–Trinajstić information content (AvgIpc) is 2.39. The summed E-state index contributed by atoms with van der Waals surface area (Å²) in [6, 6.07) is -1.63. The van der Waals surface area contributed by atoms with Gasteiger partial charge in [0.1, 0.15) is 6.04 Å². The molecule has 0 heterocycles. The number of amides is 2. The van der Waals surface area contributed by atoms with Crippen LogP contribution in [0.25, 0.3) is 0 Å². The predicted molar refractivity (Wildman–Crippen MR) is 72.6 cm³/mol. The van der Waals surface area contributed by atoms with E-state index in [0.29, 0.717) is 0 Å². The Labute approximate surface area is 123 Å². The van der Waals surface area contributed by atoms with Gasteiger partial charge in [0.25, 0.3) is 0 Å². The number of carbonyl (C=O) groups is 3. The van der Waals surface area contributed by atoms with Gasteiger partial charge in [0, 0.05) is 19.0 Å². The van der Waals surface area contributed by atoms with E-state index in [2.05, 4.69) is 10.1 Å². The number of carboxylic acids is 1. The Morgan fingerprint density at radius 1 is 1.38 bits per heavy atom. The zero-order valence-electron chi connectivity index (χ0n) is 12.1. The molecule has 8 heteroatoms. The van der Waals surface area contributed by atoms with Gasteiger partial charge < -0.3 is 25.2 Å². The molecule has 2 amide bonds. The van der Waals surface area contributed by atoms with E-state index in [-0.39, 0.29) is 32.0 Å². The number of aliphatic hydroxyl groups excluding tert-OH is 1. The van der Waals surface area contributed by atoms with Crippen LogP contribution >= 0.6 is 0 Å². The second-order valence-corrected chi connectivity index (χ2v) is 4.96. The fourth-order valence-electron chi connectivity index (χ4n) is 2.11. The topological polar surface area (TPSA) is 116 Å². The highest BCUT2D eigenvalue weighted by molar-refractivity contribution is 5.83. The monoisotopic (exact) mass is 302 g/mol. The second kappa shape index (κ2) is 8.46. The van der Waals surface area contributed by atoms with Crippen LogP contribution in [-0.4, -0.2) is 65.4 Å². The first-order valence-electron chi connectivity index (χ1n) is 6.97. The Hall–Kier alpha value is -1.83. The van der Waals surface area contributed by atoms with Crippen LogP contribution in [0.3, 0.4) is 0 Å². The van der Waals surface area contributed by atoms with E-state index < -0.39 is 24.0 Å². The van der Waals surface area contributed by atoms with E-state index in [1.165, 1.54) is 12.0 Å². The Morgan fingerprint density at radius 3 is 2.48 bits per heavy atom. The van der Waals surface area contributed by atoms with E-state index in [1.807, 2.05) is 0 Å². The third-order valence-electron chi connectivity index (χ3n) is 3.58. The number of aliphatic carboxylic acids is 1. The summed E-state index contributed by atoms with van der Waals surface area (Å²) in [6.45, 7) is -0.0103. The Kier molecular flexibility index (Phi) is 6.93. The maximum atomic E-state index is 12.1. The molecule has 21 heavy (non-hydrogen) atoms. The zero-order chi connectivity index (χ0) is 15.8. The summed E-state index contributed by atoms with van der Waals surface area (Å²) in [5, 5.41) is 20.5. The maximum absolute atomic E-state index is 12.1. The van der Waals surface area contributed by atoms with Crippen LogP contribution in [0.1, 0.15) is 32.1 Å². The molecule has 1 rings (SSSR count). The van der Waals surface area contributed by atoms with Gasteiger partial charge in [-0.3, -0.25) is 4.79 Å². The molecule has 0 bridgehead atoms. The smallest absolute Gasteiger partial charge is 0.326 e. The highest BCUT2D eigenvalue weighted by Gasteiger charge is 2.31. The number of hydrogen-bond donors (Lipinski definition) is 3. The van der Waals surface area contributed by atoms with Crippen molar-refractivity contribution in [3.8, 4) is 0 Å². The van der Waals surface area contributed by atoms with E-state index in [0.717, 1.165) is 19.3 Å². The molecular formula is C13H22N2O6. The van der Waals surface area contributed by atoms with E-state index >= 15 is 0 Å². The third kappa shape index (κ3) is 5.22. The summed E-state index contributed by atoms with van der Waals surface area (Å²) in [5.74, 6) is -1.73. The summed E-state index contributed by atoms with van der Waals surface area (Å²) < 4.78 is 4.45. The lowest BCUT2D eigenvalue weighted by Gasteiger charge is -2.37. The van der Waals surface area contributed by atoms with Gasteiger partial charge in [0.15, 0.2) is 0 Å². The number of nitrogens with one attached hydrogen (secondary N) is 1. The molecule has 1 fully saturated rings. The lowest BCUT2D eigenvalue weighted by Crippen LogP contribution is -2.54. The normalized spacial score (nSPS) is 15.7. The second-order valence-electron chi connectivity index (χ2n) is 4.96. The Bertz CT molecular complexity index is 383. The van der Waals surface area contributed by atoms with Gasteiger partial charge in [0.2, 0.25) is 0 Å². The molecule has 1 atom stereocenters. The van der Waals surface area contributed by atoms with Crippen molar-refractivity contribution in [3.63, 3.8) is 0 Å². The van der Waals surface area contributed by atoms with Crippen molar-refractivity contribution in [2.75, 3.05) is 20.3 Å². The molecular weight excluding hydrogens is 280 g/mol. The summed E-state index contributed by atoms with van der Waals surface area (Å²) in [7, 11) is 1.22. The van der Waals surface area contributed by atoms with Gasteiger partial charge in [-0.2, -0.15) is 0 Å². The van der Waals surface area contributed by atoms with Gasteiger partial charge in [-0.1, -0.05) is 0 Å². The molecule has 0 unspecified atom stereocenters. The number of aliphatic hydroxyl groups is 1. The standard InChI is InChI=1S/C13H22N2O6/c1-21-11(17)6-5-10(12(18)19)14-13(20)15(7-8-16)9-3-2-4-9/h9-10,16H,2-8H2,1H3,(H,14,20)(H,18,19)/t10-/m0/s1. The first-order chi connectivity index (χ1) is 9.99. The zero-order valence-corrected chi connectivity index (χ0v) is 12.1. The number of methoxy groups -OCH3 is 1. The van der Waals surface area contributed by atoms with Gasteiger partial charge in [-0.15, -0.1) is 0 Å². The minimum atomic E-state index is -1.20. The van der Waals surface area contributed by atoms with E-state index in [9.17, 15) is 14.4 Å². The minimum absolute atomic E-state index is 0.0363. The van der Waals surface area contributed by atoms with Crippen LogP contribution in [0.4, 0.5) is 4.79 Å². The molecule has 0 radical (unpaired) electrons. The van der Waals surface area contributed by atoms with Crippen LogP contribution in [0.5, 0.6) is 0 Å². The van der Waals surface area contributed by atoms with Crippen molar-refractivity contribution in [2.45, 2.75) is 44.2 Å². The maximum Gasteiger partial charge on any atom is 0.326 e. The van der Waals surface area contributed by atoms with Crippen molar-refractivity contribution >= 4 is 18.0 Å². The number of urea groups is 1. The number of ether oxygens (including phenoxy) is 1. The van der Waals surface area contributed by atoms with Gasteiger partial charge in [-0.25, -0.2) is 9.59 Å². The predicted octanol–water partition coefficient (Wildman–Crippen LogP) is -0.0508. The highest BCUT2D eigenvalue weighted by atomic mass is 16.5. The molecule has 3 N–H and O–H groups in total. The largest absolute Gasteiger partial charge is 0.480 e. The molecule has 1 saturated carbocycles. The average molecular weight is 302 g/mol. The highest BCUT2D eigenvalue weighted by Crippen LogP contribution is 2.24. The van der Waals surface area contributed by atoms with Crippen LogP contribution in [0.2, 0.25) is 0 Å². The van der Waals surface area contributed by atoms with Gasteiger partial charge in [0.05, 0.1) is 13.7 Å². The molecule has 1 aliphatic carbocycles. The van der Waals surface area contributed by atoms with Crippen LogP contribution in [0, 0.1) is 0 Å². The van der Waals surface area contributed by atoms with E-state index in [4.69, 9.17) is 10.2 Å². The third-order valence-corrected chi connectivity index (χ3v) is 3.58. The summed E-state index contributed by atoms with van der Waals surface area (Å²) in [5.41, 5.74) is 0. The first kappa shape index (κ1) is 17.2. The Morgan fingerprint density at radius 2 is 2.05 bits per heavy atom. The molecule has 8 nitrogen and oxygen atoms in total. The number of esters is 1. The van der Waals surface area contributed by atoms with Crippen molar-refractivity contribution in [1.82, 2.24) is 10.2 Å². The van der Waals surface area contributed by atoms with Crippen molar-refractivity contribution in [2.24, 2.45) is 0 Å². The fourth-order valence-corrected chi connectivity index (χ4v) is 2.11. The molecule has 0 aromatic heterocycles. The molecule has 0 aromatic rings. The summed E-state index contributed by atoms with van der Waals surface area (Å²) in [6.07, 6.45) is 2.60. The number of carbonyl (C=O) groups excluding carboxylic acids is 2. The quantitative estimate of drug-likeness (QED) is 0.541. The summed E-state index contributed by atoms with van der Waals surface area (Å²) >= 11 is 0. The lowest BCUT2D eigenvalue weighted by atomic mass is 9.91. The van der Waals surface area contributed by atoms with Crippen LogP contribution < -0.4 is 5.32 Å². The lowest BCUT2D eigenvalue weighted by molar-refractivity contribution is -0.142. The Balaban J connectivity index is 2.56. The van der Waals surface area contributed by atoms with Crippen LogP contribution in [0.15, 0.2) is 0 Å². The van der Waals surface area contributed by atoms with E-state index in [1.54, 1.807) is 0 Å². The van der Waals surface area contributed by atoms with Gasteiger partial charge in [-0.05, 0) is 25.7 Å². The minimum Gasteiger partial charge on any atom is -0.480 e. The van der Waals surface area contributed by atoms with Crippen LogP contribution in [-0.2, 0) is 14.3 Å². The molecule has 0 spiro atoms. The van der Waals surface area contributed by atoms with Crippen molar-refractivity contribution in [3.05, 3.63) is 0 Å². The van der Waals surface area contributed by atoms with Crippen molar-refractivity contribution in [1.29, 1.82) is 0 Å². The number of hydrogen-bond acceptors (Lipinski definition) is 5. The van der Waals surface area contributed by atoms with Crippen molar-refractivity contribution < 1.29 is 29.3 Å². The number of carboxylic acid groups (broad SMARTS) is 1. The molecule has 1 aliphatic rings. The SMILES string of the molecule is COC(=O)CC[C@H](NC(=O)N(CCO)C1CCC1)C(=O)O. The number of rotatable bonds is 8. The molecule has 0 aromatic carbocycles.